The zero-order valence-corrected chi connectivity index (χ0v) is 19.9. The highest BCUT2D eigenvalue weighted by atomic mass is 16.5. The fourth-order valence-electron chi connectivity index (χ4n) is 5.00. The Bertz CT molecular complexity index is 1070. The third kappa shape index (κ3) is 5.06. The van der Waals surface area contributed by atoms with Crippen molar-refractivity contribution >= 4 is 29.5 Å². The van der Waals surface area contributed by atoms with Gasteiger partial charge in [0.1, 0.15) is 12.1 Å². The number of carbonyl (C=O) groups excluding carboxylic acids is 4. The van der Waals surface area contributed by atoms with E-state index in [1.807, 2.05) is 36.4 Å². The zero-order valence-electron chi connectivity index (χ0n) is 19.9. The average Bonchev–Trinajstić information content (AvgIpc) is 3.14. The van der Waals surface area contributed by atoms with Gasteiger partial charge in [0.2, 0.25) is 0 Å². The van der Waals surface area contributed by atoms with E-state index in [0.717, 1.165) is 42.7 Å². The summed E-state index contributed by atoms with van der Waals surface area (Å²) in [7, 11) is 0. The van der Waals surface area contributed by atoms with E-state index in [9.17, 15) is 19.2 Å². The average molecular weight is 478 g/mol. The van der Waals surface area contributed by atoms with E-state index < -0.39 is 36.6 Å². The highest BCUT2D eigenvalue weighted by Gasteiger charge is 2.51. The minimum absolute atomic E-state index is 0.0549. The van der Waals surface area contributed by atoms with Crippen molar-refractivity contribution < 1.29 is 23.9 Å². The number of carbonyl (C=O) groups is 4. The number of anilines is 1. The Labute approximate surface area is 205 Å². The largest absolute Gasteiger partial charge is 0.454 e. The first-order valence-corrected chi connectivity index (χ1v) is 12.2. The molecule has 184 valence electrons. The molecule has 0 aromatic heterocycles. The highest BCUT2D eigenvalue weighted by Crippen LogP contribution is 2.32. The molecular formula is C27H31N3O5. The van der Waals surface area contributed by atoms with Gasteiger partial charge in [0, 0.05) is 11.7 Å². The molecular weight excluding hydrogens is 446 g/mol. The van der Waals surface area contributed by atoms with Crippen LogP contribution in [0.2, 0.25) is 0 Å². The maximum absolute atomic E-state index is 13.2. The van der Waals surface area contributed by atoms with Crippen LogP contribution in [0.1, 0.15) is 51.0 Å². The summed E-state index contributed by atoms with van der Waals surface area (Å²) in [5.74, 6) is -1.63. The second kappa shape index (κ2) is 10.7. The van der Waals surface area contributed by atoms with E-state index in [1.165, 1.54) is 0 Å². The SMILES string of the molecule is CC[C@@]1(c2ccccc2)NC(=O)N(CC(=O)OCC(=O)N(c2ccccc2)C2CCCCC2)C1=O. The number of hydrogen-bond acceptors (Lipinski definition) is 5. The molecule has 1 aliphatic carbocycles. The van der Waals surface area contributed by atoms with Gasteiger partial charge in [-0.3, -0.25) is 19.3 Å². The molecule has 2 fully saturated rings. The molecule has 4 rings (SSSR count). The molecule has 4 amide bonds. The van der Waals surface area contributed by atoms with Gasteiger partial charge in [-0.1, -0.05) is 74.7 Å². The normalized spacial score (nSPS) is 20.4. The molecule has 1 saturated carbocycles. The maximum atomic E-state index is 13.2. The van der Waals surface area contributed by atoms with E-state index in [1.54, 1.807) is 36.1 Å². The minimum atomic E-state index is -1.22. The molecule has 2 aromatic rings. The van der Waals surface area contributed by atoms with Crippen LogP contribution in [0.4, 0.5) is 10.5 Å². The number of esters is 1. The fraction of sp³-hybridized carbons (Fsp3) is 0.407. The summed E-state index contributed by atoms with van der Waals surface area (Å²) in [4.78, 5) is 54.1. The van der Waals surface area contributed by atoms with Crippen molar-refractivity contribution in [1.29, 1.82) is 0 Å². The summed E-state index contributed by atoms with van der Waals surface area (Å²) in [6.45, 7) is 0.794. The molecule has 0 unspecified atom stereocenters. The fourth-order valence-corrected chi connectivity index (χ4v) is 5.00. The van der Waals surface area contributed by atoms with E-state index in [2.05, 4.69) is 5.32 Å². The number of para-hydroxylation sites is 1. The van der Waals surface area contributed by atoms with Gasteiger partial charge in [-0.25, -0.2) is 4.79 Å². The lowest BCUT2D eigenvalue weighted by Gasteiger charge is -2.34. The lowest BCUT2D eigenvalue weighted by Crippen LogP contribution is -2.45. The molecule has 0 bridgehead atoms. The number of ether oxygens (including phenoxy) is 1. The summed E-state index contributed by atoms with van der Waals surface area (Å²) in [5, 5.41) is 2.74. The van der Waals surface area contributed by atoms with Gasteiger partial charge in [-0.05, 0) is 37.0 Å². The topological polar surface area (TPSA) is 96.0 Å². The van der Waals surface area contributed by atoms with E-state index in [-0.39, 0.29) is 11.9 Å². The predicted octanol–water partition coefficient (Wildman–Crippen LogP) is 3.75. The highest BCUT2D eigenvalue weighted by molar-refractivity contribution is 6.09. The van der Waals surface area contributed by atoms with Gasteiger partial charge < -0.3 is 15.0 Å². The lowest BCUT2D eigenvalue weighted by atomic mass is 9.87. The molecule has 2 aliphatic rings. The van der Waals surface area contributed by atoms with Crippen LogP contribution in [-0.4, -0.2) is 47.9 Å². The molecule has 8 heteroatoms. The van der Waals surface area contributed by atoms with Crippen LogP contribution in [0.3, 0.4) is 0 Å². The van der Waals surface area contributed by atoms with Crippen molar-refractivity contribution in [2.24, 2.45) is 0 Å². The summed E-state index contributed by atoms with van der Waals surface area (Å²) in [5.41, 5.74) is 0.197. The first kappa shape index (κ1) is 24.4. The van der Waals surface area contributed by atoms with Gasteiger partial charge >= 0.3 is 12.0 Å². The van der Waals surface area contributed by atoms with Crippen molar-refractivity contribution in [2.45, 2.75) is 57.0 Å². The Morgan fingerprint density at radius 2 is 1.63 bits per heavy atom. The number of hydrogen-bond donors (Lipinski definition) is 1. The maximum Gasteiger partial charge on any atom is 0.326 e. The molecule has 1 N–H and O–H groups in total. The molecule has 1 atom stereocenters. The van der Waals surface area contributed by atoms with Gasteiger partial charge in [-0.15, -0.1) is 0 Å². The Morgan fingerprint density at radius 1 is 1.00 bits per heavy atom. The Balaban J connectivity index is 1.41. The number of nitrogens with zero attached hydrogens (tertiary/aromatic N) is 2. The Kier molecular flexibility index (Phi) is 7.48. The number of imide groups is 1. The van der Waals surface area contributed by atoms with E-state index in [0.29, 0.717) is 12.0 Å². The van der Waals surface area contributed by atoms with Crippen LogP contribution < -0.4 is 10.2 Å². The Hall–Kier alpha value is -3.68. The molecule has 1 heterocycles. The van der Waals surface area contributed by atoms with Crippen molar-refractivity contribution in [3.63, 3.8) is 0 Å². The van der Waals surface area contributed by atoms with Crippen LogP contribution in [0.25, 0.3) is 0 Å². The van der Waals surface area contributed by atoms with Gasteiger partial charge in [-0.2, -0.15) is 0 Å². The van der Waals surface area contributed by atoms with Crippen LogP contribution in [0.5, 0.6) is 0 Å². The van der Waals surface area contributed by atoms with E-state index >= 15 is 0 Å². The standard InChI is InChI=1S/C27H31N3O5/c1-2-27(20-12-6-3-7-13-20)25(33)29(26(34)28-27)18-24(32)35-19-23(31)30(21-14-8-4-9-15-21)22-16-10-5-11-17-22/h3-4,6-9,12-15,22H,2,5,10-11,16-19H2,1H3,(H,28,34)/t27-/m0/s1. The molecule has 2 aromatic carbocycles. The number of urea groups is 1. The quantitative estimate of drug-likeness (QED) is 0.461. The monoisotopic (exact) mass is 477 g/mol. The summed E-state index contributed by atoms with van der Waals surface area (Å²) < 4.78 is 5.26. The molecule has 35 heavy (non-hydrogen) atoms. The Morgan fingerprint density at radius 3 is 2.26 bits per heavy atom. The zero-order chi connectivity index (χ0) is 24.8. The van der Waals surface area contributed by atoms with E-state index in [4.69, 9.17) is 4.74 Å². The molecule has 0 radical (unpaired) electrons. The third-order valence-corrected chi connectivity index (χ3v) is 6.86. The number of nitrogens with one attached hydrogen (secondary N) is 1. The molecule has 1 saturated heterocycles. The van der Waals surface area contributed by atoms with Crippen LogP contribution >= 0.6 is 0 Å². The minimum Gasteiger partial charge on any atom is -0.454 e. The van der Waals surface area contributed by atoms with Crippen LogP contribution in [0.15, 0.2) is 60.7 Å². The van der Waals surface area contributed by atoms with Gasteiger partial charge in [0.15, 0.2) is 6.61 Å². The van der Waals surface area contributed by atoms with Crippen LogP contribution in [0, 0.1) is 0 Å². The van der Waals surface area contributed by atoms with Crippen molar-refractivity contribution in [2.75, 3.05) is 18.1 Å². The predicted molar refractivity (Wildman–Crippen MR) is 130 cm³/mol. The smallest absolute Gasteiger partial charge is 0.326 e. The van der Waals surface area contributed by atoms with Gasteiger partial charge in [0.25, 0.3) is 11.8 Å². The van der Waals surface area contributed by atoms with Crippen LogP contribution in [-0.2, 0) is 24.7 Å². The lowest BCUT2D eigenvalue weighted by molar-refractivity contribution is -0.150. The second-order valence-electron chi connectivity index (χ2n) is 9.00. The van der Waals surface area contributed by atoms with Gasteiger partial charge in [0.05, 0.1) is 0 Å². The van der Waals surface area contributed by atoms with Crippen molar-refractivity contribution in [3.05, 3.63) is 66.2 Å². The summed E-state index contributed by atoms with van der Waals surface area (Å²) in [6, 6.07) is 17.7. The molecule has 1 aliphatic heterocycles. The second-order valence-corrected chi connectivity index (χ2v) is 9.00. The van der Waals surface area contributed by atoms with Crippen molar-refractivity contribution in [3.8, 4) is 0 Å². The van der Waals surface area contributed by atoms with Crippen molar-refractivity contribution in [1.82, 2.24) is 10.2 Å². The summed E-state index contributed by atoms with van der Waals surface area (Å²) in [6.07, 6.45) is 5.38. The first-order valence-electron chi connectivity index (χ1n) is 12.2. The molecule has 8 nitrogen and oxygen atoms in total. The third-order valence-electron chi connectivity index (χ3n) is 6.86. The number of benzene rings is 2. The summed E-state index contributed by atoms with van der Waals surface area (Å²) >= 11 is 0. The first-order chi connectivity index (χ1) is 17.0. The number of rotatable bonds is 8. The number of amides is 4. The molecule has 0 spiro atoms.